The number of ether oxygens (including phenoxy) is 2. The third kappa shape index (κ3) is 79.8. The Bertz CT molecular complexity index is 2360. The van der Waals surface area contributed by atoms with Crippen molar-refractivity contribution < 1.29 is 42.1 Å². The summed E-state index contributed by atoms with van der Waals surface area (Å²) in [7, 11) is 1.14. The molecule has 98 heavy (non-hydrogen) atoms. The molecule has 0 aliphatic heterocycles. The average Bonchev–Trinajstić information content (AvgIpc) is 1.23. The molecule has 0 aromatic carbocycles. The molecule has 0 saturated carbocycles. The number of allylic oxidation sites excluding steroid dienone is 32. The van der Waals surface area contributed by atoms with Crippen LogP contribution in [-0.4, -0.2) is 70.0 Å². The number of quaternary nitrogens is 1. The largest absolute Gasteiger partial charge is 0.756 e. The maximum absolute atomic E-state index is 12.9. The van der Waals surface area contributed by atoms with E-state index in [1.54, 1.807) is 0 Å². The summed E-state index contributed by atoms with van der Waals surface area (Å²) in [6.45, 7) is 3.99. The molecular formula is C88H144NO8P. The molecule has 0 aliphatic rings. The number of carbonyl (C=O) groups is 2. The number of unbranched alkanes of at least 4 members (excludes halogenated alkanes) is 24. The molecule has 0 aliphatic carbocycles. The van der Waals surface area contributed by atoms with E-state index in [2.05, 4.69) is 208 Å². The smallest absolute Gasteiger partial charge is 0.306 e. The van der Waals surface area contributed by atoms with Crippen LogP contribution in [0.4, 0.5) is 0 Å². The summed E-state index contributed by atoms with van der Waals surface area (Å²) in [6.07, 6.45) is 118. The van der Waals surface area contributed by atoms with Crippen molar-refractivity contribution in [2.75, 3.05) is 47.5 Å². The van der Waals surface area contributed by atoms with Crippen LogP contribution in [0, 0.1) is 0 Å². The Labute approximate surface area is 603 Å². The van der Waals surface area contributed by atoms with Gasteiger partial charge in [0.2, 0.25) is 0 Å². The molecule has 0 radical (unpaired) electrons. The van der Waals surface area contributed by atoms with Crippen molar-refractivity contribution in [1.82, 2.24) is 0 Å². The fourth-order valence-electron chi connectivity index (χ4n) is 10.2. The highest BCUT2D eigenvalue weighted by molar-refractivity contribution is 7.45. The summed E-state index contributed by atoms with van der Waals surface area (Å²) < 4.78 is 34.4. The summed E-state index contributed by atoms with van der Waals surface area (Å²) in [5.41, 5.74) is 0. The Morgan fingerprint density at radius 2 is 0.551 bits per heavy atom. The van der Waals surface area contributed by atoms with Crippen molar-refractivity contribution >= 4 is 19.8 Å². The first-order chi connectivity index (χ1) is 48.0. The second kappa shape index (κ2) is 76.0. The third-order valence-electron chi connectivity index (χ3n) is 16.1. The number of likely N-dealkylation sites (N-methyl/N-ethyl adjacent to an activating group) is 1. The van der Waals surface area contributed by atoms with Gasteiger partial charge < -0.3 is 27.9 Å². The first kappa shape index (κ1) is 92.8. The van der Waals surface area contributed by atoms with Gasteiger partial charge in [-0.05, 0) is 141 Å². The van der Waals surface area contributed by atoms with E-state index in [-0.39, 0.29) is 26.1 Å². The molecule has 554 valence electrons. The lowest BCUT2D eigenvalue weighted by Gasteiger charge is -2.28. The Morgan fingerprint density at radius 1 is 0.316 bits per heavy atom. The standard InChI is InChI=1S/C88H144NO8P/c1-6-8-10-12-14-16-18-20-22-24-26-28-30-32-34-36-38-40-42-43-44-45-47-49-51-53-55-57-59-61-63-65-67-69-71-73-75-77-79-81-88(91)97-86(85-96-98(92,93)95-83-82-89(3,4)5)84-94-87(90)80-78-76-74-72-70-68-66-64-62-60-58-56-54-52-50-48-46-41-39-37-35-33-31-29-27-25-23-21-19-17-15-13-11-9-7-2/h8-11,14-17,20-23,26-29,32-35,38,40,43-44,47,49,53,55,59,61,65,67,86H,6-7,12-13,18-19,24-25,30-31,36-37,39,41-42,45-46,48,50-52,54,56-58,60,62-64,66,68-85H2,1-5H3/b10-8-,11-9-,16-14-,17-15-,22-20-,23-21-,28-26-,29-27-,34-32-,35-33-,40-38-,44-43-,49-47-,55-53-,61-59-,67-65-. The minimum atomic E-state index is -4.66. The normalized spacial score (nSPS) is 14.1. The van der Waals surface area contributed by atoms with Crippen molar-refractivity contribution in [2.24, 2.45) is 0 Å². The number of phosphoric ester groups is 1. The monoisotopic (exact) mass is 1370 g/mol. The molecule has 2 unspecified atom stereocenters. The van der Waals surface area contributed by atoms with E-state index in [4.69, 9.17) is 18.5 Å². The molecule has 2 atom stereocenters. The van der Waals surface area contributed by atoms with Crippen molar-refractivity contribution in [1.29, 1.82) is 0 Å². The lowest BCUT2D eigenvalue weighted by atomic mass is 10.0. The molecule has 0 amide bonds. The predicted molar refractivity (Wildman–Crippen MR) is 424 cm³/mol. The highest BCUT2D eigenvalue weighted by Crippen LogP contribution is 2.38. The summed E-state index contributed by atoms with van der Waals surface area (Å²) in [5.74, 6) is -0.860. The maximum Gasteiger partial charge on any atom is 0.306 e. The Balaban J connectivity index is 4.10. The highest BCUT2D eigenvalue weighted by Gasteiger charge is 2.22. The number of carbonyl (C=O) groups excluding carboxylic acids is 2. The first-order valence-electron chi connectivity index (χ1n) is 39.1. The zero-order chi connectivity index (χ0) is 71.1. The molecule has 0 spiro atoms. The van der Waals surface area contributed by atoms with Crippen molar-refractivity contribution in [2.45, 2.75) is 302 Å². The second-order valence-corrected chi connectivity index (χ2v) is 28.0. The molecule has 0 aromatic heterocycles. The fourth-order valence-corrected chi connectivity index (χ4v) is 10.9. The third-order valence-corrected chi connectivity index (χ3v) is 17.1. The highest BCUT2D eigenvalue weighted by atomic mass is 31.2. The molecule has 0 bridgehead atoms. The van der Waals surface area contributed by atoms with E-state index in [1.165, 1.54) is 109 Å². The van der Waals surface area contributed by atoms with Crippen LogP contribution in [0.5, 0.6) is 0 Å². The van der Waals surface area contributed by atoms with E-state index in [0.717, 1.165) is 154 Å². The van der Waals surface area contributed by atoms with Crippen LogP contribution in [0.15, 0.2) is 194 Å². The molecule has 0 saturated heterocycles. The van der Waals surface area contributed by atoms with Crippen LogP contribution in [0.3, 0.4) is 0 Å². The molecule has 0 aromatic rings. The van der Waals surface area contributed by atoms with Gasteiger partial charge in [0.15, 0.2) is 6.10 Å². The van der Waals surface area contributed by atoms with E-state index < -0.39 is 32.5 Å². The van der Waals surface area contributed by atoms with E-state index >= 15 is 0 Å². The number of phosphoric acid groups is 1. The molecule has 9 nitrogen and oxygen atoms in total. The van der Waals surface area contributed by atoms with Gasteiger partial charge in [-0.15, -0.1) is 0 Å². The maximum atomic E-state index is 12.9. The van der Waals surface area contributed by atoms with Crippen LogP contribution in [0.1, 0.15) is 296 Å². The zero-order valence-corrected chi connectivity index (χ0v) is 64.0. The molecular weight excluding hydrogens is 1230 g/mol. The number of esters is 2. The van der Waals surface area contributed by atoms with Crippen LogP contribution in [0.2, 0.25) is 0 Å². The van der Waals surface area contributed by atoms with Crippen molar-refractivity contribution in [3.05, 3.63) is 194 Å². The van der Waals surface area contributed by atoms with E-state index in [0.29, 0.717) is 17.4 Å². The molecule has 0 rings (SSSR count). The number of hydrogen-bond acceptors (Lipinski definition) is 8. The predicted octanol–water partition coefficient (Wildman–Crippen LogP) is 25.8. The average molecular weight is 1380 g/mol. The van der Waals surface area contributed by atoms with Gasteiger partial charge in [0.1, 0.15) is 19.8 Å². The van der Waals surface area contributed by atoms with E-state index in [9.17, 15) is 19.0 Å². The zero-order valence-electron chi connectivity index (χ0n) is 63.2. The topological polar surface area (TPSA) is 111 Å². The van der Waals surface area contributed by atoms with Crippen LogP contribution in [-0.2, 0) is 32.7 Å². The van der Waals surface area contributed by atoms with Crippen LogP contribution >= 0.6 is 7.82 Å². The van der Waals surface area contributed by atoms with Gasteiger partial charge in [0.05, 0.1) is 27.7 Å². The molecule has 0 N–H and O–H groups in total. The second-order valence-electron chi connectivity index (χ2n) is 26.6. The first-order valence-corrected chi connectivity index (χ1v) is 40.6. The van der Waals surface area contributed by atoms with Gasteiger partial charge in [-0.2, -0.15) is 0 Å². The van der Waals surface area contributed by atoms with E-state index in [1.807, 2.05) is 21.1 Å². The minimum Gasteiger partial charge on any atom is -0.756 e. The van der Waals surface area contributed by atoms with Crippen molar-refractivity contribution in [3.63, 3.8) is 0 Å². The van der Waals surface area contributed by atoms with Crippen molar-refractivity contribution in [3.8, 4) is 0 Å². The number of nitrogens with zero attached hydrogens (tertiary/aromatic N) is 1. The van der Waals surface area contributed by atoms with Gasteiger partial charge in [-0.1, -0.05) is 337 Å². The van der Waals surface area contributed by atoms with Gasteiger partial charge in [0.25, 0.3) is 7.82 Å². The number of hydrogen-bond donors (Lipinski definition) is 0. The minimum absolute atomic E-state index is 0.0435. The summed E-state index contributed by atoms with van der Waals surface area (Å²) in [4.78, 5) is 38.2. The van der Waals surface area contributed by atoms with Crippen LogP contribution < -0.4 is 4.89 Å². The summed E-state index contributed by atoms with van der Waals surface area (Å²) >= 11 is 0. The Kier molecular flexibility index (Phi) is 72.0. The fraction of sp³-hybridized carbons (Fsp3) is 0.614. The Morgan fingerprint density at radius 3 is 0.816 bits per heavy atom. The Hall–Kier alpha value is -5.15. The number of rotatable bonds is 70. The molecule has 0 fully saturated rings. The van der Waals surface area contributed by atoms with Gasteiger partial charge in [-0.3, -0.25) is 14.2 Å². The molecule has 0 heterocycles. The summed E-state index contributed by atoms with van der Waals surface area (Å²) in [6, 6.07) is 0. The SMILES string of the molecule is CC/C=C\C/C=C\C/C=C\C/C=C\C/C=C\C/C=C\C/C=C\C/C=C\C/C=C\C/C=C\C/C=C\CCCCCCCC(=O)OC(COC(=O)CCCCCCCCCCCCCCCCCCCCC/C=C\C/C=C\C/C=C\C/C=C\C/C=C\CC)COP(=O)([O-])OCC[N+](C)(C)C. The lowest BCUT2D eigenvalue weighted by Crippen LogP contribution is -2.37. The lowest BCUT2D eigenvalue weighted by molar-refractivity contribution is -0.870. The van der Waals surface area contributed by atoms with Crippen LogP contribution in [0.25, 0.3) is 0 Å². The quantitative estimate of drug-likeness (QED) is 0.0195. The summed E-state index contributed by atoms with van der Waals surface area (Å²) in [5, 5.41) is 0. The van der Waals surface area contributed by atoms with Gasteiger partial charge >= 0.3 is 11.9 Å². The van der Waals surface area contributed by atoms with Gasteiger partial charge in [-0.25, -0.2) is 0 Å². The van der Waals surface area contributed by atoms with Gasteiger partial charge in [0, 0.05) is 12.8 Å². The molecule has 10 heteroatoms.